The maximum atomic E-state index is 11.6. The Morgan fingerprint density at radius 2 is 1.78 bits per heavy atom. The second-order valence-electron chi connectivity index (χ2n) is 5.71. The molecule has 3 aromatic rings. The second-order valence-corrected chi connectivity index (χ2v) is 6.52. The number of nitrogens with zero attached hydrogens (tertiary/aromatic N) is 4. The van der Waals surface area contributed by atoms with Gasteiger partial charge in [-0.25, -0.2) is 4.98 Å². The SMILES string of the molecule is Cc1nc(Nc2ccc(Cl)c(Cl)c2)nc(N(C)c2ccccc2)c1[N+](=O)[O-]. The summed E-state index contributed by atoms with van der Waals surface area (Å²) in [4.78, 5) is 21.3. The summed E-state index contributed by atoms with van der Waals surface area (Å²) in [5.41, 5.74) is 1.47. The van der Waals surface area contributed by atoms with Crippen LogP contribution in [0.5, 0.6) is 0 Å². The number of anilines is 4. The lowest BCUT2D eigenvalue weighted by atomic mass is 10.2. The van der Waals surface area contributed by atoms with E-state index in [-0.39, 0.29) is 23.1 Å². The van der Waals surface area contributed by atoms with Gasteiger partial charge in [-0.3, -0.25) is 10.1 Å². The van der Waals surface area contributed by atoms with Gasteiger partial charge in [0.25, 0.3) is 0 Å². The van der Waals surface area contributed by atoms with Crippen LogP contribution in [-0.4, -0.2) is 21.9 Å². The summed E-state index contributed by atoms with van der Waals surface area (Å²) >= 11 is 12.0. The highest BCUT2D eigenvalue weighted by Crippen LogP contribution is 2.34. The number of nitrogens with one attached hydrogen (secondary N) is 1. The molecular formula is C18H15Cl2N5O2. The lowest BCUT2D eigenvalue weighted by molar-refractivity contribution is -0.385. The van der Waals surface area contributed by atoms with E-state index >= 15 is 0 Å². The van der Waals surface area contributed by atoms with E-state index in [4.69, 9.17) is 23.2 Å². The predicted octanol–water partition coefficient (Wildman–Crippen LogP) is 5.51. The fourth-order valence-corrected chi connectivity index (χ4v) is 2.83. The average Bonchev–Trinajstić information content (AvgIpc) is 2.64. The Balaban J connectivity index is 2.05. The summed E-state index contributed by atoms with van der Waals surface area (Å²) in [6, 6.07) is 14.2. The zero-order chi connectivity index (χ0) is 19.6. The second kappa shape index (κ2) is 7.77. The molecule has 7 nitrogen and oxygen atoms in total. The van der Waals surface area contributed by atoms with Gasteiger partial charge in [0.2, 0.25) is 11.8 Å². The first kappa shape index (κ1) is 18.9. The number of aryl methyl sites for hydroxylation is 1. The topological polar surface area (TPSA) is 84.2 Å². The maximum Gasteiger partial charge on any atom is 0.333 e. The standard InChI is InChI=1S/C18H15Cl2N5O2/c1-11-16(25(26)27)17(24(2)13-6-4-3-5-7-13)23-18(21-11)22-12-8-9-14(19)15(20)10-12/h3-10H,1-2H3,(H,21,22,23). The molecular weight excluding hydrogens is 389 g/mol. The van der Waals surface area contributed by atoms with Gasteiger partial charge in [0.1, 0.15) is 5.69 Å². The molecule has 0 spiro atoms. The molecule has 9 heteroatoms. The first-order valence-electron chi connectivity index (χ1n) is 7.90. The third kappa shape index (κ3) is 4.10. The fraction of sp³-hybridized carbons (Fsp3) is 0.111. The minimum Gasteiger partial charge on any atom is -0.324 e. The third-order valence-electron chi connectivity index (χ3n) is 3.86. The molecule has 27 heavy (non-hydrogen) atoms. The molecule has 1 aromatic heterocycles. The van der Waals surface area contributed by atoms with Gasteiger partial charge in [-0.15, -0.1) is 0 Å². The average molecular weight is 404 g/mol. The van der Waals surface area contributed by atoms with Gasteiger partial charge < -0.3 is 10.2 Å². The Morgan fingerprint density at radius 3 is 2.41 bits per heavy atom. The summed E-state index contributed by atoms with van der Waals surface area (Å²) in [6.45, 7) is 1.57. The molecule has 0 fully saturated rings. The lowest BCUT2D eigenvalue weighted by Gasteiger charge is -2.19. The van der Waals surface area contributed by atoms with E-state index in [0.717, 1.165) is 5.69 Å². The maximum absolute atomic E-state index is 11.6. The molecule has 0 atom stereocenters. The van der Waals surface area contributed by atoms with Gasteiger partial charge in [0.15, 0.2) is 0 Å². The van der Waals surface area contributed by atoms with E-state index in [1.54, 1.807) is 37.1 Å². The number of para-hydroxylation sites is 1. The summed E-state index contributed by atoms with van der Waals surface area (Å²) in [7, 11) is 1.72. The zero-order valence-corrected chi connectivity index (χ0v) is 16.0. The third-order valence-corrected chi connectivity index (χ3v) is 4.60. The number of halogens is 2. The monoisotopic (exact) mass is 403 g/mol. The normalized spacial score (nSPS) is 10.5. The fourth-order valence-electron chi connectivity index (χ4n) is 2.53. The molecule has 0 radical (unpaired) electrons. The van der Waals surface area contributed by atoms with Crippen molar-refractivity contribution >= 4 is 52.0 Å². The number of aromatic nitrogens is 2. The first-order valence-corrected chi connectivity index (χ1v) is 8.66. The summed E-state index contributed by atoms with van der Waals surface area (Å²) in [5, 5.41) is 15.4. The van der Waals surface area contributed by atoms with Gasteiger partial charge in [-0.2, -0.15) is 4.98 Å². The molecule has 3 rings (SSSR count). The summed E-state index contributed by atoms with van der Waals surface area (Å²) in [5.74, 6) is 0.399. The predicted molar refractivity (Wildman–Crippen MR) is 108 cm³/mol. The molecule has 2 aromatic carbocycles. The Hall–Kier alpha value is -2.90. The first-order chi connectivity index (χ1) is 12.9. The number of nitro groups is 1. The smallest absolute Gasteiger partial charge is 0.324 e. The van der Waals surface area contributed by atoms with Gasteiger partial charge in [-0.1, -0.05) is 41.4 Å². The van der Waals surface area contributed by atoms with Crippen LogP contribution in [0, 0.1) is 17.0 Å². The highest BCUT2D eigenvalue weighted by Gasteiger charge is 2.25. The van der Waals surface area contributed by atoms with E-state index in [9.17, 15) is 10.1 Å². The van der Waals surface area contributed by atoms with Crippen LogP contribution >= 0.6 is 23.2 Å². The van der Waals surface area contributed by atoms with Crippen LogP contribution < -0.4 is 10.2 Å². The minimum atomic E-state index is -0.479. The molecule has 138 valence electrons. The van der Waals surface area contributed by atoms with Crippen molar-refractivity contribution in [3.05, 3.63) is 74.4 Å². The quantitative estimate of drug-likeness (QED) is 0.446. The zero-order valence-electron chi connectivity index (χ0n) is 14.5. The van der Waals surface area contributed by atoms with Crippen molar-refractivity contribution in [2.75, 3.05) is 17.3 Å². The van der Waals surface area contributed by atoms with Crippen molar-refractivity contribution in [3.8, 4) is 0 Å². The largest absolute Gasteiger partial charge is 0.333 e. The number of benzene rings is 2. The van der Waals surface area contributed by atoms with Crippen LogP contribution in [0.4, 0.5) is 28.8 Å². The van der Waals surface area contributed by atoms with Gasteiger partial charge >= 0.3 is 5.69 Å². The number of hydrogen-bond acceptors (Lipinski definition) is 6. The van der Waals surface area contributed by atoms with Crippen LogP contribution in [-0.2, 0) is 0 Å². The Bertz CT molecular complexity index is 999. The molecule has 0 aliphatic rings. The molecule has 0 amide bonds. The van der Waals surface area contributed by atoms with E-state index in [2.05, 4.69) is 15.3 Å². The number of hydrogen-bond donors (Lipinski definition) is 1. The van der Waals surface area contributed by atoms with Gasteiger partial charge in [0, 0.05) is 18.4 Å². The molecule has 1 N–H and O–H groups in total. The van der Waals surface area contributed by atoms with Crippen molar-refractivity contribution < 1.29 is 4.92 Å². The van der Waals surface area contributed by atoms with E-state index in [1.165, 1.54) is 0 Å². The highest BCUT2D eigenvalue weighted by atomic mass is 35.5. The van der Waals surface area contributed by atoms with Crippen LogP contribution in [0.25, 0.3) is 0 Å². The molecule has 1 heterocycles. The Kier molecular flexibility index (Phi) is 5.43. The van der Waals surface area contributed by atoms with Crippen LogP contribution in [0.2, 0.25) is 10.0 Å². The molecule has 0 unspecified atom stereocenters. The van der Waals surface area contributed by atoms with Crippen molar-refractivity contribution in [2.24, 2.45) is 0 Å². The Morgan fingerprint density at radius 1 is 1.07 bits per heavy atom. The van der Waals surface area contributed by atoms with Crippen LogP contribution in [0.3, 0.4) is 0 Å². The number of rotatable bonds is 5. The molecule has 0 saturated carbocycles. The van der Waals surface area contributed by atoms with Gasteiger partial charge in [0.05, 0.1) is 15.0 Å². The van der Waals surface area contributed by atoms with Crippen LogP contribution in [0.1, 0.15) is 5.69 Å². The van der Waals surface area contributed by atoms with E-state index in [1.807, 2.05) is 30.3 Å². The molecule has 0 aliphatic carbocycles. The minimum absolute atomic E-state index is 0.152. The van der Waals surface area contributed by atoms with Gasteiger partial charge in [-0.05, 0) is 37.3 Å². The molecule has 0 bridgehead atoms. The van der Waals surface area contributed by atoms with Crippen LogP contribution in [0.15, 0.2) is 48.5 Å². The summed E-state index contributed by atoms with van der Waals surface area (Å²) in [6.07, 6.45) is 0. The van der Waals surface area contributed by atoms with Crippen molar-refractivity contribution in [2.45, 2.75) is 6.92 Å². The van der Waals surface area contributed by atoms with Crippen molar-refractivity contribution in [1.82, 2.24) is 9.97 Å². The molecule has 0 aliphatic heterocycles. The van der Waals surface area contributed by atoms with Crippen molar-refractivity contribution in [3.63, 3.8) is 0 Å². The highest BCUT2D eigenvalue weighted by molar-refractivity contribution is 6.42. The lowest BCUT2D eigenvalue weighted by Crippen LogP contribution is -2.16. The van der Waals surface area contributed by atoms with Crippen molar-refractivity contribution in [1.29, 1.82) is 0 Å². The van der Waals surface area contributed by atoms with E-state index in [0.29, 0.717) is 15.7 Å². The Labute approximate surface area is 165 Å². The molecule has 0 saturated heterocycles. The van der Waals surface area contributed by atoms with E-state index < -0.39 is 4.92 Å². The summed E-state index contributed by atoms with van der Waals surface area (Å²) < 4.78 is 0.